The molecule has 0 saturated heterocycles. The first-order valence-electron chi connectivity index (χ1n) is 4.80. The number of H-pyrrole nitrogens is 1. The maximum atomic E-state index is 11.7. The number of hydrogen-bond donors (Lipinski definition) is 3. The highest BCUT2D eigenvalue weighted by Crippen LogP contribution is 2.27. The van der Waals surface area contributed by atoms with Crippen LogP contribution in [0.25, 0.3) is 0 Å². The number of hydrogen-bond acceptors (Lipinski definition) is 3. The summed E-state index contributed by atoms with van der Waals surface area (Å²) in [4.78, 5) is 18.5. The highest BCUT2D eigenvalue weighted by molar-refractivity contribution is 5.96. The highest BCUT2D eigenvalue weighted by atomic mass is 35.5. The van der Waals surface area contributed by atoms with Gasteiger partial charge >= 0.3 is 0 Å². The summed E-state index contributed by atoms with van der Waals surface area (Å²) in [5.41, 5.74) is 5.28. The molecule has 1 aliphatic rings. The summed E-state index contributed by atoms with van der Waals surface area (Å²) in [6.45, 7) is 0. The van der Waals surface area contributed by atoms with Gasteiger partial charge in [-0.1, -0.05) is 12.8 Å². The van der Waals surface area contributed by atoms with Crippen molar-refractivity contribution in [1.82, 2.24) is 9.97 Å². The molecule has 4 N–H and O–H groups in total. The second-order valence-electron chi connectivity index (χ2n) is 3.76. The van der Waals surface area contributed by atoms with E-state index in [-0.39, 0.29) is 18.3 Å². The van der Waals surface area contributed by atoms with Crippen LogP contribution in [0.15, 0.2) is 12.4 Å². The van der Waals surface area contributed by atoms with Crippen LogP contribution in [0.2, 0.25) is 0 Å². The van der Waals surface area contributed by atoms with Gasteiger partial charge in [-0.25, -0.2) is 4.98 Å². The number of aromatic nitrogens is 2. The van der Waals surface area contributed by atoms with Crippen molar-refractivity contribution in [2.45, 2.75) is 31.2 Å². The highest BCUT2D eigenvalue weighted by Gasteiger charge is 2.37. The van der Waals surface area contributed by atoms with Crippen LogP contribution in [0, 0.1) is 0 Å². The number of anilines is 1. The fraction of sp³-hybridized carbons (Fsp3) is 0.556. The van der Waals surface area contributed by atoms with Gasteiger partial charge in [0.1, 0.15) is 0 Å². The molecule has 1 amide bonds. The van der Waals surface area contributed by atoms with Crippen LogP contribution in [-0.4, -0.2) is 21.4 Å². The SMILES string of the molecule is Cl.NC1(C(=O)Nc2ncc[nH]2)CCCC1. The minimum absolute atomic E-state index is 0. The van der Waals surface area contributed by atoms with Crippen molar-refractivity contribution in [3.63, 3.8) is 0 Å². The van der Waals surface area contributed by atoms with Gasteiger partial charge in [0.15, 0.2) is 0 Å². The van der Waals surface area contributed by atoms with Crippen molar-refractivity contribution < 1.29 is 4.79 Å². The van der Waals surface area contributed by atoms with E-state index in [0.717, 1.165) is 25.7 Å². The molecular formula is C9H15ClN4O. The van der Waals surface area contributed by atoms with Gasteiger partial charge in [-0.15, -0.1) is 12.4 Å². The number of carbonyl (C=O) groups is 1. The van der Waals surface area contributed by atoms with E-state index in [1.807, 2.05) is 0 Å². The van der Waals surface area contributed by atoms with Gasteiger partial charge in [-0.2, -0.15) is 0 Å². The lowest BCUT2D eigenvalue weighted by molar-refractivity contribution is -0.121. The number of amides is 1. The molecule has 1 aromatic heterocycles. The lowest BCUT2D eigenvalue weighted by atomic mass is 9.98. The number of rotatable bonds is 2. The third kappa shape index (κ3) is 2.49. The van der Waals surface area contributed by atoms with Crippen molar-refractivity contribution in [2.75, 3.05) is 5.32 Å². The van der Waals surface area contributed by atoms with E-state index in [4.69, 9.17) is 5.73 Å². The number of nitrogens with zero attached hydrogens (tertiary/aromatic N) is 1. The zero-order valence-corrected chi connectivity index (χ0v) is 9.14. The first-order chi connectivity index (χ1) is 6.71. The van der Waals surface area contributed by atoms with E-state index in [9.17, 15) is 4.79 Å². The number of halogens is 1. The Balaban J connectivity index is 0.00000112. The standard InChI is InChI=1S/C9H14N4O.ClH/c10-9(3-1-2-4-9)7(14)13-8-11-5-6-12-8;/h5-6H,1-4,10H2,(H2,11,12,13,14);1H. The van der Waals surface area contributed by atoms with E-state index in [0.29, 0.717) is 5.95 Å². The molecule has 0 unspecified atom stereocenters. The molecule has 84 valence electrons. The predicted octanol–water partition coefficient (Wildman–Crippen LogP) is 1.04. The molecule has 1 saturated carbocycles. The van der Waals surface area contributed by atoms with Crippen molar-refractivity contribution in [2.24, 2.45) is 5.73 Å². The molecule has 5 nitrogen and oxygen atoms in total. The Kier molecular flexibility index (Phi) is 3.71. The summed E-state index contributed by atoms with van der Waals surface area (Å²) >= 11 is 0. The molecule has 1 fully saturated rings. The molecule has 2 rings (SSSR count). The van der Waals surface area contributed by atoms with Crippen molar-refractivity contribution in [1.29, 1.82) is 0 Å². The molecule has 1 heterocycles. The topological polar surface area (TPSA) is 83.8 Å². The van der Waals surface area contributed by atoms with E-state index in [2.05, 4.69) is 15.3 Å². The first-order valence-corrected chi connectivity index (χ1v) is 4.80. The average Bonchev–Trinajstić information content (AvgIpc) is 2.76. The number of imidazole rings is 1. The van der Waals surface area contributed by atoms with Gasteiger partial charge < -0.3 is 10.7 Å². The molecule has 1 aromatic rings. The lowest BCUT2D eigenvalue weighted by Gasteiger charge is -2.21. The molecular weight excluding hydrogens is 216 g/mol. The van der Waals surface area contributed by atoms with E-state index in [1.54, 1.807) is 12.4 Å². The van der Waals surface area contributed by atoms with Crippen LogP contribution in [0.4, 0.5) is 5.95 Å². The smallest absolute Gasteiger partial charge is 0.246 e. The molecule has 0 atom stereocenters. The average molecular weight is 231 g/mol. The van der Waals surface area contributed by atoms with Crippen LogP contribution in [-0.2, 0) is 4.79 Å². The minimum atomic E-state index is -0.688. The summed E-state index contributed by atoms with van der Waals surface area (Å²) in [5.74, 6) is 0.330. The van der Waals surface area contributed by atoms with Crippen LogP contribution in [0.5, 0.6) is 0 Å². The normalized spacial score (nSPS) is 18.2. The van der Waals surface area contributed by atoms with Crippen molar-refractivity contribution >= 4 is 24.3 Å². The van der Waals surface area contributed by atoms with E-state index >= 15 is 0 Å². The Morgan fingerprint density at radius 2 is 2.20 bits per heavy atom. The van der Waals surface area contributed by atoms with Crippen LogP contribution in [0.3, 0.4) is 0 Å². The number of nitrogens with one attached hydrogen (secondary N) is 2. The second-order valence-corrected chi connectivity index (χ2v) is 3.76. The third-order valence-corrected chi connectivity index (χ3v) is 2.68. The molecule has 0 bridgehead atoms. The zero-order valence-electron chi connectivity index (χ0n) is 8.32. The van der Waals surface area contributed by atoms with Gasteiger partial charge in [0, 0.05) is 12.4 Å². The molecule has 0 aromatic carbocycles. The second kappa shape index (κ2) is 4.63. The third-order valence-electron chi connectivity index (χ3n) is 2.68. The van der Waals surface area contributed by atoms with Gasteiger partial charge in [0.05, 0.1) is 5.54 Å². The fourth-order valence-electron chi connectivity index (χ4n) is 1.80. The predicted molar refractivity (Wildman–Crippen MR) is 59.9 cm³/mol. The first kappa shape index (κ1) is 12.0. The van der Waals surface area contributed by atoms with E-state index < -0.39 is 5.54 Å². The summed E-state index contributed by atoms with van der Waals surface area (Å²) in [7, 11) is 0. The number of carbonyl (C=O) groups excluding carboxylic acids is 1. The Hall–Kier alpha value is -1.07. The summed E-state index contributed by atoms with van der Waals surface area (Å²) < 4.78 is 0. The van der Waals surface area contributed by atoms with Crippen LogP contribution in [0.1, 0.15) is 25.7 Å². The maximum absolute atomic E-state index is 11.7. The monoisotopic (exact) mass is 230 g/mol. The molecule has 6 heteroatoms. The molecule has 1 aliphatic carbocycles. The fourth-order valence-corrected chi connectivity index (χ4v) is 1.80. The molecule has 15 heavy (non-hydrogen) atoms. The van der Waals surface area contributed by atoms with E-state index in [1.165, 1.54) is 0 Å². The minimum Gasteiger partial charge on any atom is -0.331 e. The Morgan fingerprint density at radius 1 is 1.53 bits per heavy atom. The molecule has 0 aliphatic heterocycles. The van der Waals surface area contributed by atoms with Gasteiger partial charge in [0.2, 0.25) is 11.9 Å². The Labute approximate surface area is 94.2 Å². The quantitative estimate of drug-likeness (QED) is 0.710. The molecule has 0 radical (unpaired) electrons. The zero-order chi connectivity index (χ0) is 10.0. The van der Waals surface area contributed by atoms with Crippen molar-refractivity contribution in [3.8, 4) is 0 Å². The lowest BCUT2D eigenvalue weighted by Crippen LogP contribution is -2.48. The van der Waals surface area contributed by atoms with Crippen molar-refractivity contribution in [3.05, 3.63) is 12.4 Å². The van der Waals surface area contributed by atoms with Crippen LogP contribution < -0.4 is 11.1 Å². The summed E-state index contributed by atoms with van der Waals surface area (Å²) in [6.07, 6.45) is 6.84. The maximum Gasteiger partial charge on any atom is 0.246 e. The largest absolute Gasteiger partial charge is 0.331 e. The summed E-state index contributed by atoms with van der Waals surface area (Å²) in [6, 6.07) is 0. The Morgan fingerprint density at radius 3 is 2.73 bits per heavy atom. The van der Waals surface area contributed by atoms with Crippen LogP contribution >= 0.6 is 12.4 Å². The van der Waals surface area contributed by atoms with Gasteiger partial charge in [-0.3, -0.25) is 10.1 Å². The number of aromatic amines is 1. The van der Waals surface area contributed by atoms with Gasteiger partial charge in [-0.05, 0) is 12.8 Å². The summed E-state index contributed by atoms with van der Waals surface area (Å²) in [5, 5.41) is 2.67. The number of nitrogens with two attached hydrogens (primary N) is 1. The Bertz CT molecular complexity index is 319. The van der Waals surface area contributed by atoms with Gasteiger partial charge in [0.25, 0.3) is 0 Å². The molecule has 0 spiro atoms.